The van der Waals surface area contributed by atoms with E-state index in [0.717, 1.165) is 12.1 Å². The Morgan fingerprint density at radius 2 is 1.81 bits per heavy atom. The van der Waals surface area contributed by atoms with Crippen LogP contribution in [0.4, 0.5) is 23.7 Å². The summed E-state index contributed by atoms with van der Waals surface area (Å²) in [7, 11) is 0. The topological polar surface area (TPSA) is 61.9 Å². The minimum Gasteiger partial charge on any atom is -0.450 e. The third-order valence-corrected chi connectivity index (χ3v) is 4.20. The maximum Gasteiger partial charge on any atom is 0.417 e. The second-order valence-corrected chi connectivity index (χ2v) is 6.02. The number of piperazine rings is 1. The molecule has 0 aromatic heterocycles. The molecule has 26 heavy (non-hydrogen) atoms. The Bertz CT molecular complexity index is 662. The molecule has 2 rings (SSSR count). The third-order valence-electron chi connectivity index (χ3n) is 3.87. The first-order valence-electron chi connectivity index (χ1n) is 8.02. The van der Waals surface area contributed by atoms with Crippen molar-refractivity contribution in [2.24, 2.45) is 0 Å². The first-order chi connectivity index (χ1) is 12.2. The number of carbonyl (C=O) groups is 2. The van der Waals surface area contributed by atoms with E-state index >= 15 is 0 Å². The average Bonchev–Trinajstić information content (AvgIpc) is 2.60. The van der Waals surface area contributed by atoms with E-state index in [4.69, 9.17) is 16.3 Å². The number of anilines is 1. The number of alkyl halides is 3. The van der Waals surface area contributed by atoms with E-state index in [0.29, 0.717) is 26.2 Å². The summed E-state index contributed by atoms with van der Waals surface area (Å²) in [5.41, 5.74) is -0.806. The summed E-state index contributed by atoms with van der Waals surface area (Å²) in [5, 5.41) is 2.28. The van der Waals surface area contributed by atoms with E-state index in [-0.39, 0.29) is 24.7 Å². The van der Waals surface area contributed by atoms with Gasteiger partial charge in [0.2, 0.25) is 5.91 Å². The van der Waals surface area contributed by atoms with Crippen molar-refractivity contribution in [1.82, 2.24) is 9.80 Å². The monoisotopic (exact) mass is 393 g/mol. The van der Waals surface area contributed by atoms with Gasteiger partial charge in [-0.15, -0.1) is 0 Å². The van der Waals surface area contributed by atoms with E-state index in [9.17, 15) is 22.8 Å². The molecule has 6 nitrogen and oxygen atoms in total. The SMILES string of the molecule is CCOC(=O)N1CCN(C(=O)CNc2ccc(Cl)c(C(F)(F)F)c2)CC1. The van der Waals surface area contributed by atoms with E-state index in [1.165, 1.54) is 11.0 Å². The molecule has 1 saturated heterocycles. The summed E-state index contributed by atoms with van der Waals surface area (Å²) in [6.07, 6.45) is -4.99. The van der Waals surface area contributed by atoms with Crippen molar-refractivity contribution in [2.75, 3.05) is 44.6 Å². The van der Waals surface area contributed by atoms with Crippen LogP contribution in [-0.2, 0) is 15.7 Å². The number of halogens is 4. The minimum absolute atomic E-state index is 0.153. The summed E-state index contributed by atoms with van der Waals surface area (Å²) in [4.78, 5) is 26.9. The fraction of sp³-hybridized carbons (Fsp3) is 0.500. The number of rotatable bonds is 4. The van der Waals surface area contributed by atoms with Gasteiger partial charge in [-0.05, 0) is 25.1 Å². The summed E-state index contributed by atoms with van der Waals surface area (Å²) < 4.78 is 43.4. The van der Waals surface area contributed by atoms with Crippen molar-refractivity contribution in [1.29, 1.82) is 0 Å². The highest BCUT2D eigenvalue weighted by molar-refractivity contribution is 6.31. The van der Waals surface area contributed by atoms with Gasteiger partial charge in [0.15, 0.2) is 0 Å². The predicted octanol–water partition coefficient (Wildman–Crippen LogP) is 3.07. The Morgan fingerprint density at radius 3 is 2.38 bits per heavy atom. The number of carbonyl (C=O) groups excluding carboxylic acids is 2. The fourth-order valence-corrected chi connectivity index (χ4v) is 2.72. The van der Waals surface area contributed by atoms with Gasteiger partial charge in [-0.2, -0.15) is 13.2 Å². The second kappa shape index (κ2) is 8.48. The van der Waals surface area contributed by atoms with Crippen LogP contribution < -0.4 is 5.32 Å². The van der Waals surface area contributed by atoms with Crippen LogP contribution >= 0.6 is 11.6 Å². The molecule has 0 radical (unpaired) electrons. The molecule has 1 aliphatic heterocycles. The molecule has 144 valence electrons. The molecule has 0 unspecified atom stereocenters. The standard InChI is InChI=1S/C16H19ClF3N3O3/c1-2-26-15(25)23-7-5-22(6-8-23)14(24)10-21-11-3-4-13(17)12(9-11)16(18,19)20/h3-4,9,21H,2,5-8,10H2,1H3. The lowest BCUT2D eigenvalue weighted by molar-refractivity contribution is -0.137. The Morgan fingerprint density at radius 1 is 1.19 bits per heavy atom. The Labute approximate surface area is 153 Å². The molecule has 0 spiro atoms. The Kier molecular flexibility index (Phi) is 6.57. The van der Waals surface area contributed by atoms with Crippen LogP contribution in [0.15, 0.2) is 18.2 Å². The van der Waals surface area contributed by atoms with Gasteiger partial charge in [0.05, 0.1) is 23.7 Å². The highest BCUT2D eigenvalue weighted by atomic mass is 35.5. The van der Waals surface area contributed by atoms with Crippen LogP contribution in [-0.4, -0.2) is 61.1 Å². The van der Waals surface area contributed by atoms with Crippen molar-refractivity contribution in [3.63, 3.8) is 0 Å². The summed E-state index contributed by atoms with van der Waals surface area (Å²) in [6.45, 7) is 3.22. The molecule has 2 amide bonds. The minimum atomic E-state index is -4.57. The van der Waals surface area contributed by atoms with Gasteiger partial charge in [-0.25, -0.2) is 4.79 Å². The lowest BCUT2D eigenvalue weighted by atomic mass is 10.2. The van der Waals surface area contributed by atoms with Crippen molar-refractivity contribution >= 4 is 29.3 Å². The average molecular weight is 394 g/mol. The molecule has 0 bridgehead atoms. The van der Waals surface area contributed by atoms with Gasteiger partial charge in [-0.3, -0.25) is 4.79 Å². The molecule has 1 aliphatic rings. The largest absolute Gasteiger partial charge is 0.450 e. The number of nitrogens with one attached hydrogen (secondary N) is 1. The van der Waals surface area contributed by atoms with Gasteiger partial charge < -0.3 is 19.9 Å². The molecule has 10 heteroatoms. The molecule has 0 aliphatic carbocycles. The van der Waals surface area contributed by atoms with E-state index in [1.54, 1.807) is 11.8 Å². The van der Waals surface area contributed by atoms with Crippen LogP contribution in [0, 0.1) is 0 Å². The smallest absolute Gasteiger partial charge is 0.417 e. The van der Waals surface area contributed by atoms with Crippen molar-refractivity contribution in [3.8, 4) is 0 Å². The number of hydrogen-bond acceptors (Lipinski definition) is 4. The fourth-order valence-electron chi connectivity index (χ4n) is 2.50. The zero-order valence-electron chi connectivity index (χ0n) is 14.1. The predicted molar refractivity (Wildman–Crippen MR) is 90.1 cm³/mol. The quantitative estimate of drug-likeness (QED) is 0.854. The van der Waals surface area contributed by atoms with Gasteiger partial charge >= 0.3 is 12.3 Å². The van der Waals surface area contributed by atoms with Gasteiger partial charge in [0.25, 0.3) is 0 Å². The Hall–Kier alpha value is -2.16. The van der Waals surface area contributed by atoms with Crippen molar-refractivity contribution < 1.29 is 27.5 Å². The number of nitrogens with zero attached hydrogens (tertiary/aromatic N) is 2. The van der Waals surface area contributed by atoms with Crippen molar-refractivity contribution in [2.45, 2.75) is 13.1 Å². The van der Waals surface area contributed by atoms with Crippen molar-refractivity contribution in [3.05, 3.63) is 28.8 Å². The molecule has 1 aromatic rings. The maximum atomic E-state index is 12.8. The van der Waals surface area contributed by atoms with E-state index in [1.807, 2.05) is 0 Å². The van der Waals surface area contributed by atoms with Gasteiger partial charge in [0.1, 0.15) is 0 Å². The first kappa shape index (κ1) is 20.2. The molecule has 1 N–H and O–H groups in total. The normalized spacial score (nSPS) is 15.0. The third kappa shape index (κ3) is 5.17. The number of hydrogen-bond donors (Lipinski definition) is 1. The molecule has 1 fully saturated rings. The molecule has 1 aromatic carbocycles. The van der Waals surface area contributed by atoms with Crippen LogP contribution in [0.2, 0.25) is 5.02 Å². The van der Waals surface area contributed by atoms with E-state index in [2.05, 4.69) is 5.32 Å². The lowest BCUT2D eigenvalue weighted by Crippen LogP contribution is -2.51. The summed E-state index contributed by atoms with van der Waals surface area (Å²) in [6, 6.07) is 3.38. The summed E-state index contributed by atoms with van der Waals surface area (Å²) in [5.74, 6) is -0.267. The van der Waals surface area contributed by atoms with Crippen LogP contribution in [0.25, 0.3) is 0 Å². The Balaban J connectivity index is 1.87. The number of amides is 2. The van der Waals surface area contributed by atoms with Crippen LogP contribution in [0.5, 0.6) is 0 Å². The zero-order valence-corrected chi connectivity index (χ0v) is 14.9. The van der Waals surface area contributed by atoms with Gasteiger partial charge in [-0.1, -0.05) is 11.6 Å². The lowest BCUT2D eigenvalue weighted by Gasteiger charge is -2.34. The van der Waals surface area contributed by atoms with Crippen LogP contribution in [0.1, 0.15) is 12.5 Å². The number of benzene rings is 1. The van der Waals surface area contributed by atoms with Crippen LogP contribution in [0.3, 0.4) is 0 Å². The molecule has 1 heterocycles. The zero-order chi connectivity index (χ0) is 19.3. The molecule has 0 atom stereocenters. The molecular formula is C16H19ClF3N3O3. The highest BCUT2D eigenvalue weighted by Gasteiger charge is 2.33. The first-order valence-corrected chi connectivity index (χ1v) is 8.40. The molecule has 0 saturated carbocycles. The summed E-state index contributed by atoms with van der Waals surface area (Å²) >= 11 is 5.56. The molecular weight excluding hydrogens is 375 g/mol. The highest BCUT2D eigenvalue weighted by Crippen LogP contribution is 2.36. The second-order valence-electron chi connectivity index (χ2n) is 5.61. The van der Waals surface area contributed by atoms with E-state index < -0.39 is 22.9 Å². The maximum absolute atomic E-state index is 12.8. The number of ether oxygens (including phenoxy) is 1. The van der Waals surface area contributed by atoms with Gasteiger partial charge in [0, 0.05) is 31.9 Å².